The van der Waals surface area contributed by atoms with Crippen molar-refractivity contribution in [2.45, 2.75) is 29.7 Å². The van der Waals surface area contributed by atoms with Crippen molar-refractivity contribution in [3.05, 3.63) is 35.9 Å². The van der Waals surface area contributed by atoms with Gasteiger partial charge < -0.3 is 5.11 Å². The lowest BCUT2D eigenvalue weighted by atomic mass is 10.2. The maximum absolute atomic E-state index is 12.4. The highest BCUT2D eigenvalue weighted by Gasteiger charge is 2.45. The van der Waals surface area contributed by atoms with E-state index >= 15 is 0 Å². The summed E-state index contributed by atoms with van der Waals surface area (Å²) in [6.07, 6.45) is 0. The number of thioether (sulfide) groups is 1. The molecule has 0 saturated heterocycles. The second-order valence-corrected chi connectivity index (χ2v) is 7.38. The first-order chi connectivity index (χ1) is 10.2. The quantitative estimate of drug-likeness (QED) is 0.452. The molecule has 1 rings (SSSR count). The van der Waals surface area contributed by atoms with E-state index in [-0.39, 0.29) is 5.91 Å². The van der Waals surface area contributed by atoms with Gasteiger partial charge in [-0.05, 0) is 19.4 Å². The van der Waals surface area contributed by atoms with Crippen LogP contribution in [-0.4, -0.2) is 51.2 Å². The molecule has 0 heterocycles. The van der Waals surface area contributed by atoms with E-state index in [1.165, 1.54) is 28.7 Å². The van der Waals surface area contributed by atoms with Crippen molar-refractivity contribution >= 4 is 36.3 Å². The smallest absolute Gasteiger partial charge is 0.341 e. The number of nitrogens with zero attached hydrogens (tertiary/aromatic N) is 2. The fourth-order valence-electron chi connectivity index (χ4n) is 1.98. The third-order valence-corrected chi connectivity index (χ3v) is 4.74. The van der Waals surface area contributed by atoms with Gasteiger partial charge in [0.1, 0.15) is 0 Å². The number of carbonyl (C=O) groups excluding carboxylic acids is 1. The maximum Gasteiger partial charge on any atom is 0.341 e. The van der Waals surface area contributed by atoms with E-state index in [0.717, 1.165) is 5.56 Å². The molecule has 22 heavy (non-hydrogen) atoms. The van der Waals surface area contributed by atoms with Crippen molar-refractivity contribution in [2.24, 2.45) is 0 Å². The highest BCUT2D eigenvalue weighted by molar-refractivity contribution is 8.00. The average Bonchev–Trinajstić information content (AvgIpc) is 2.45. The van der Waals surface area contributed by atoms with Crippen molar-refractivity contribution in [1.82, 2.24) is 10.0 Å². The van der Waals surface area contributed by atoms with Gasteiger partial charge >= 0.3 is 5.97 Å². The summed E-state index contributed by atoms with van der Waals surface area (Å²) < 4.78 is 0. The number of rotatable bonds is 7. The first-order valence-electron chi connectivity index (χ1n) is 6.80. The van der Waals surface area contributed by atoms with Crippen LogP contribution in [0.1, 0.15) is 19.4 Å². The van der Waals surface area contributed by atoms with Crippen molar-refractivity contribution < 1.29 is 14.7 Å². The third kappa shape index (κ3) is 4.41. The molecule has 0 bridgehead atoms. The molecule has 0 aromatic heterocycles. The Morgan fingerprint density at radius 3 is 2.27 bits per heavy atom. The van der Waals surface area contributed by atoms with Crippen LogP contribution in [0.2, 0.25) is 0 Å². The molecule has 1 N–H and O–H groups in total. The van der Waals surface area contributed by atoms with Crippen LogP contribution >= 0.6 is 24.4 Å². The first kappa shape index (κ1) is 18.9. The topological polar surface area (TPSA) is 60.9 Å². The van der Waals surface area contributed by atoms with Gasteiger partial charge in [0.25, 0.3) is 5.91 Å². The van der Waals surface area contributed by atoms with Crippen molar-refractivity contribution in [2.75, 3.05) is 14.1 Å². The fourth-order valence-corrected chi connectivity index (χ4v) is 3.23. The SMILES string of the molecule is C[C@H](S)C(=O)N(N(C)C)C(C)(SCc1ccccc1)C(=O)O. The van der Waals surface area contributed by atoms with Crippen molar-refractivity contribution in [1.29, 1.82) is 0 Å². The van der Waals surface area contributed by atoms with Crippen LogP contribution < -0.4 is 0 Å². The average molecular weight is 342 g/mol. The van der Waals surface area contributed by atoms with E-state index in [4.69, 9.17) is 0 Å². The van der Waals surface area contributed by atoms with Gasteiger partial charge in [-0.3, -0.25) is 4.79 Å². The normalized spacial score (nSPS) is 15.2. The lowest BCUT2D eigenvalue weighted by Crippen LogP contribution is -2.60. The molecule has 0 aliphatic rings. The lowest BCUT2D eigenvalue weighted by molar-refractivity contribution is -0.165. The second kappa shape index (κ2) is 7.89. The van der Waals surface area contributed by atoms with Gasteiger partial charge in [-0.15, -0.1) is 11.8 Å². The minimum absolute atomic E-state index is 0.348. The van der Waals surface area contributed by atoms with Gasteiger partial charge in [0.2, 0.25) is 0 Å². The van der Waals surface area contributed by atoms with Gasteiger partial charge in [-0.25, -0.2) is 14.8 Å². The fraction of sp³-hybridized carbons (Fsp3) is 0.467. The van der Waals surface area contributed by atoms with E-state index in [0.29, 0.717) is 5.75 Å². The summed E-state index contributed by atoms with van der Waals surface area (Å²) >= 11 is 5.34. The van der Waals surface area contributed by atoms with E-state index in [9.17, 15) is 14.7 Å². The molecular weight excluding hydrogens is 320 g/mol. The minimum Gasteiger partial charge on any atom is -0.479 e. The molecule has 7 heteroatoms. The molecule has 1 aromatic carbocycles. The number of carbonyl (C=O) groups is 2. The number of amides is 1. The summed E-state index contributed by atoms with van der Waals surface area (Å²) in [5.41, 5.74) is 1.00. The Labute approximate surface area is 141 Å². The standard InChI is InChI=1S/C15H22N2O3S2/c1-11(21)13(18)17(16(3)4)15(2,14(19)20)22-10-12-8-6-5-7-9-12/h5-9,11,21H,10H2,1-4H3,(H,19,20)/t11-,15?/m0/s1. The van der Waals surface area contributed by atoms with E-state index < -0.39 is 16.1 Å². The molecule has 0 fully saturated rings. The van der Waals surface area contributed by atoms with Gasteiger partial charge in [-0.2, -0.15) is 12.6 Å². The number of thiol groups is 1. The number of benzene rings is 1. The molecule has 122 valence electrons. The van der Waals surface area contributed by atoms with Crippen LogP contribution in [0.5, 0.6) is 0 Å². The summed E-state index contributed by atoms with van der Waals surface area (Å²) in [5, 5.41) is 11.9. The third-order valence-electron chi connectivity index (χ3n) is 3.13. The van der Waals surface area contributed by atoms with Crippen LogP contribution in [0.3, 0.4) is 0 Å². The zero-order chi connectivity index (χ0) is 16.9. The van der Waals surface area contributed by atoms with Gasteiger partial charge in [0.05, 0.1) is 5.25 Å². The van der Waals surface area contributed by atoms with Gasteiger partial charge in [-0.1, -0.05) is 30.3 Å². The largest absolute Gasteiger partial charge is 0.479 e. The molecular formula is C15H22N2O3S2. The number of hydrogen-bond donors (Lipinski definition) is 2. The Morgan fingerprint density at radius 1 is 1.32 bits per heavy atom. The predicted octanol–water partition coefficient (Wildman–Crippen LogP) is 2.34. The second-order valence-electron chi connectivity index (χ2n) is 5.24. The van der Waals surface area contributed by atoms with Crippen LogP contribution in [0, 0.1) is 0 Å². The molecule has 1 aromatic rings. The van der Waals surface area contributed by atoms with E-state index in [1.807, 2.05) is 30.3 Å². The summed E-state index contributed by atoms with van der Waals surface area (Å²) in [6, 6.07) is 9.57. The Balaban J connectivity index is 3.06. The highest BCUT2D eigenvalue weighted by atomic mass is 32.2. The van der Waals surface area contributed by atoms with Gasteiger partial charge in [0.15, 0.2) is 4.87 Å². The predicted molar refractivity (Wildman–Crippen MR) is 92.8 cm³/mol. The summed E-state index contributed by atoms with van der Waals surface area (Å²) in [6.45, 7) is 3.17. The van der Waals surface area contributed by atoms with Crippen molar-refractivity contribution in [3.63, 3.8) is 0 Å². The Kier molecular flexibility index (Phi) is 6.77. The molecule has 0 spiro atoms. The first-order valence-corrected chi connectivity index (χ1v) is 8.31. The van der Waals surface area contributed by atoms with Crippen molar-refractivity contribution in [3.8, 4) is 0 Å². The molecule has 2 atom stereocenters. The number of hydrogen-bond acceptors (Lipinski definition) is 5. The number of hydrazine groups is 1. The Bertz CT molecular complexity index is 523. The summed E-state index contributed by atoms with van der Waals surface area (Å²) in [5.74, 6) is -0.925. The highest BCUT2D eigenvalue weighted by Crippen LogP contribution is 2.34. The van der Waals surface area contributed by atoms with Crippen LogP contribution in [0.25, 0.3) is 0 Å². The maximum atomic E-state index is 12.4. The molecule has 1 unspecified atom stereocenters. The van der Waals surface area contributed by atoms with Crippen LogP contribution in [0.15, 0.2) is 30.3 Å². The Hall–Kier alpha value is -1.18. The molecule has 1 amide bonds. The summed E-state index contributed by atoms with van der Waals surface area (Å²) in [4.78, 5) is 22.8. The number of aliphatic carboxylic acids is 1. The number of carboxylic acid groups (broad SMARTS) is 1. The minimum atomic E-state index is -1.41. The molecule has 0 aliphatic heterocycles. The lowest BCUT2D eigenvalue weighted by Gasteiger charge is -2.41. The zero-order valence-corrected chi connectivity index (χ0v) is 14.9. The monoisotopic (exact) mass is 342 g/mol. The Morgan fingerprint density at radius 2 is 1.86 bits per heavy atom. The molecule has 0 aliphatic carbocycles. The molecule has 5 nitrogen and oxygen atoms in total. The zero-order valence-electron chi connectivity index (χ0n) is 13.2. The van der Waals surface area contributed by atoms with Gasteiger partial charge in [0, 0.05) is 19.8 Å². The summed E-state index contributed by atoms with van der Waals surface area (Å²) in [7, 11) is 3.30. The molecule has 0 radical (unpaired) electrons. The number of carboxylic acids is 1. The van der Waals surface area contributed by atoms with Crippen LogP contribution in [-0.2, 0) is 15.3 Å². The van der Waals surface area contributed by atoms with E-state index in [2.05, 4.69) is 12.6 Å². The van der Waals surface area contributed by atoms with Crippen LogP contribution in [0.4, 0.5) is 0 Å². The van der Waals surface area contributed by atoms with E-state index in [1.54, 1.807) is 21.0 Å². The molecule has 0 saturated carbocycles.